The lowest BCUT2D eigenvalue weighted by molar-refractivity contribution is -0.384. The Morgan fingerprint density at radius 2 is 2.21 bits per heavy atom. The highest BCUT2D eigenvalue weighted by molar-refractivity contribution is 5.84. The van der Waals surface area contributed by atoms with E-state index in [1.807, 2.05) is 18.5 Å². The van der Waals surface area contributed by atoms with Crippen LogP contribution < -0.4 is 0 Å². The van der Waals surface area contributed by atoms with Crippen LogP contribution in [0.25, 0.3) is 10.9 Å². The number of benzene rings is 1. The van der Waals surface area contributed by atoms with Crippen LogP contribution in [-0.4, -0.2) is 28.4 Å². The summed E-state index contributed by atoms with van der Waals surface area (Å²) in [4.78, 5) is 10.5. The fourth-order valence-electron chi connectivity index (χ4n) is 2.08. The molecular formula is C13H17N3O3. The van der Waals surface area contributed by atoms with E-state index < -0.39 is 0 Å². The van der Waals surface area contributed by atoms with Crippen LogP contribution in [0.3, 0.4) is 0 Å². The number of rotatable bonds is 5. The normalized spacial score (nSPS) is 11.4. The number of hydrogen-bond acceptors (Lipinski definition) is 4. The van der Waals surface area contributed by atoms with Crippen molar-refractivity contribution in [3.8, 4) is 0 Å². The molecule has 1 aromatic carbocycles. The third-order valence-corrected chi connectivity index (χ3v) is 3.03. The average molecular weight is 263 g/mol. The molecule has 19 heavy (non-hydrogen) atoms. The summed E-state index contributed by atoms with van der Waals surface area (Å²) in [5.41, 5.74) is 1.89. The predicted molar refractivity (Wildman–Crippen MR) is 72.4 cm³/mol. The molecule has 1 heterocycles. The topological polar surface area (TPSA) is 70.2 Å². The number of nitro benzene ring substituents is 1. The lowest BCUT2D eigenvalue weighted by atomic mass is 10.1. The minimum absolute atomic E-state index is 0.0979. The first-order valence-electron chi connectivity index (χ1n) is 6.18. The van der Waals surface area contributed by atoms with Gasteiger partial charge in [0.05, 0.1) is 29.3 Å². The molecule has 0 fully saturated rings. The van der Waals surface area contributed by atoms with Crippen LogP contribution in [0.15, 0.2) is 18.2 Å². The Morgan fingerprint density at radius 1 is 1.47 bits per heavy atom. The second-order valence-corrected chi connectivity index (χ2v) is 4.71. The Labute approximate surface area is 111 Å². The lowest BCUT2D eigenvalue weighted by Gasteiger charge is -2.01. The van der Waals surface area contributed by atoms with Gasteiger partial charge in [-0.15, -0.1) is 0 Å². The summed E-state index contributed by atoms with van der Waals surface area (Å²) in [5, 5.41) is 16.3. The molecule has 0 aliphatic rings. The van der Waals surface area contributed by atoms with Crippen molar-refractivity contribution in [2.45, 2.75) is 26.3 Å². The fourth-order valence-corrected chi connectivity index (χ4v) is 2.08. The highest BCUT2D eigenvalue weighted by Crippen LogP contribution is 2.28. The van der Waals surface area contributed by atoms with Crippen molar-refractivity contribution < 1.29 is 9.66 Å². The minimum atomic E-state index is -0.379. The summed E-state index contributed by atoms with van der Waals surface area (Å²) < 4.78 is 6.90. The van der Waals surface area contributed by atoms with Gasteiger partial charge in [0.1, 0.15) is 0 Å². The van der Waals surface area contributed by atoms with E-state index in [1.165, 1.54) is 6.07 Å². The number of aromatic nitrogens is 2. The van der Waals surface area contributed by atoms with Crippen molar-refractivity contribution in [2.24, 2.45) is 0 Å². The summed E-state index contributed by atoms with van der Waals surface area (Å²) >= 11 is 0. The van der Waals surface area contributed by atoms with Crippen molar-refractivity contribution >= 4 is 16.6 Å². The van der Waals surface area contributed by atoms with Crippen LogP contribution >= 0.6 is 0 Å². The van der Waals surface area contributed by atoms with Crippen molar-refractivity contribution in [1.82, 2.24) is 9.78 Å². The fraction of sp³-hybridized carbons (Fsp3) is 0.462. The van der Waals surface area contributed by atoms with Crippen LogP contribution in [0.1, 0.15) is 25.5 Å². The van der Waals surface area contributed by atoms with Crippen molar-refractivity contribution in [3.05, 3.63) is 34.0 Å². The number of nitro groups is 1. The molecule has 1 aromatic heterocycles. The molecule has 0 aliphatic carbocycles. The van der Waals surface area contributed by atoms with Gasteiger partial charge >= 0.3 is 0 Å². The molecular weight excluding hydrogens is 246 g/mol. The summed E-state index contributed by atoms with van der Waals surface area (Å²) in [6.45, 7) is 5.26. The number of methoxy groups -OCH3 is 1. The number of ether oxygens (including phenoxy) is 1. The van der Waals surface area contributed by atoms with Crippen LogP contribution in [-0.2, 0) is 11.3 Å². The molecule has 0 amide bonds. The largest absolute Gasteiger partial charge is 0.383 e. The van der Waals surface area contributed by atoms with Gasteiger partial charge in [0.2, 0.25) is 0 Å². The second kappa shape index (κ2) is 5.36. The maximum Gasteiger partial charge on any atom is 0.270 e. The highest BCUT2D eigenvalue weighted by Gasteiger charge is 2.16. The summed E-state index contributed by atoms with van der Waals surface area (Å²) in [5.74, 6) is 0.216. The molecule has 0 unspecified atom stereocenters. The van der Waals surface area contributed by atoms with Gasteiger partial charge < -0.3 is 4.74 Å². The zero-order valence-corrected chi connectivity index (χ0v) is 11.3. The maximum atomic E-state index is 10.9. The number of hydrogen-bond donors (Lipinski definition) is 0. The molecule has 6 heteroatoms. The van der Waals surface area contributed by atoms with E-state index >= 15 is 0 Å². The molecule has 0 spiro atoms. The van der Waals surface area contributed by atoms with E-state index in [2.05, 4.69) is 5.10 Å². The summed E-state index contributed by atoms with van der Waals surface area (Å²) in [7, 11) is 1.64. The SMILES string of the molecule is COCCn1nc(C(C)C)c2cc([N+](=O)[O-])ccc21. The van der Waals surface area contributed by atoms with Gasteiger partial charge in [-0.05, 0) is 12.0 Å². The van der Waals surface area contributed by atoms with Gasteiger partial charge in [0.25, 0.3) is 5.69 Å². The quantitative estimate of drug-likeness (QED) is 0.614. The Morgan fingerprint density at radius 3 is 2.79 bits per heavy atom. The Kier molecular flexibility index (Phi) is 3.80. The van der Waals surface area contributed by atoms with Gasteiger partial charge in [0.15, 0.2) is 0 Å². The van der Waals surface area contributed by atoms with Crippen LogP contribution in [0, 0.1) is 10.1 Å². The molecule has 0 radical (unpaired) electrons. The Hall–Kier alpha value is -1.95. The van der Waals surface area contributed by atoms with Crippen LogP contribution in [0.5, 0.6) is 0 Å². The van der Waals surface area contributed by atoms with Crippen molar-refractivity contribution in [1.29, 1.82) is 0 Å². The molecule has 0 saturated heterocycles. The highest BCUT2D eigenvalue weighted by atomic mass is 16.6. The second-order valence-electron chi connectivity index (χ2n) is 4.71. The monoisotopic (exact) mass is 263 g/mol. The standard InChI is InChI=1S/C13H17N3O3/c1-9(2)13-11-8-10(16(17)18)4-5-12(11)15(14-13)6-7-19-3/h4-5,8-9H,6-7H2,1-3H3. The minimum Gasteiger partial charge on any atom is -0.383 e. The molecule has 0 aliphatic heterocycles. The van der Waals surface area contributed by atoms with Crippen molar-refractivity contribution in [3.63, 3.8) is 0 Å². The van der Waals surface area contributed by atoms with Crippen molar-refractivity contribution in [2.75, 3.05) is 13.7 Å². The van der Waals surface area contributed by atoms with Crippen LogP contribution in [0.2, 0.25) is 0 Å². The average Bonchev–Trinajstić information content (AvgIpc) is 2.74. The molecule has 2 rings (SSSR count). The number of non-ortho nitro benzene ring substituents is 1. The molecule has 6 nitrogen and oxygen atoms in total. The summed E-state index contributed by atoms with van der Waals surface area (Å²) in [6.07, 6.45) is 0. The Bertz CT molecular complexity index is 604. The maximum absolute atomic E-state index is 10.9. The number of fused-ring (bicyclic) bond motifs is 1. The third kappa shape index (κ3) is 2.58. The van der Waals surface area contributed by atoms with Crippen LogP contribution in [0.4, 0.5) is 5.69 Å². The molecule has 0 N–H and O–H groups in total. The molecule has 0 saturated carbocycles. The first kappa shape index (κ1) is 13.5. The third-order valence-electron chi connectivity index (χ3n) is 3.03. The molecule has 102 valence electrons. The van der Waals surface area contributed by atoms with Gasteiger partial charge in [-0.1, -0.05) is 13.8 Å². The van der Waals surface area contributed by atoms with E-state index in [1.54, 1.807) is 19.2 Å². The zero-order valence-electron chi connectivity index (χ0n) is 11.3. The first-order valence-corrected chi connectivity index (χ1v) is 6.18. The Balaban J connectivity index is 2.57. The molecule has 0 bridgehead atoms. The predicted octanol–water partition coefficient (Wildman–Crippen LogP) is 2.71. The van der Waals surface area contributed by atoms with Gasteiger partial charge in [0, 0.05) is 24.6 Å². The molecule has 2 aromatic rings. The van der Waals surface area contributed by atoms with Gasteiger partial charge in [-0.25, -0.2) is 0 Å². The smallest absolute Gasteiger partial charge is 0.270 e. The lowest BCUT2D eigenvalue weighted by Crippen LogP contribution is -2.06. The zero-order chi connectivity index (χ0) is 14.0. The van der Waals surface area contributed by atoms with E-state index in [9.17, 15) is 10.1 Å². The molecule has 0 atom stereocenters. The van der Waals surface area contributed by atoms with E-state index in [0.717, 1.165) is 16.6 Å². The van der Waals surface area contributed by atoms with E-state index in [4.69, 9.17) is 4.74 Å². The first-order chi connectivity index (χ1) is 9.04. The van der Waals surface area contributed by atoms with Gasteiger partial charge in [-0.2, -0.15) is 5.10 Å². The summed E-state index contributed by atoms with van der Waals surface area (Å²) in [6, 6.07) is 4.86. The van der Waals surface area contributed by atoms with E-state index in [0.29, 0.717) is 13.2 Å². The number of nitrogens with zero attached hydrogens (tertiary/aromatic N) is 3. The van der Waals surface area contributed by atoms with Gasteiger partial charge in [-0.3, -0.25) is 14.8 Å². The van der Waals surface area contributed by atoms with E-state index in [-0.39, 0.29) is 16.5 Å².